The van der Waals surface area contributed by atoms with Gasteiger partial charge in [-0.3, -0.25) is 9.59 Å². The predicted molar refractivity (Wildman–Crippen MR) is 35.3 cm³/mol. The molecule has 0 unspecified atom stereocenters. The zero-order valence-corrected chi connectivity index (χ0v) is 6.30. The van der Waals surface area contributed by atoms with Crippen LogP contribution in [0.5, 0.6) is 0 Å². The molecule has 0 aliphatic rings. The average Bonchev–Trinajstić information content (AvgIpc) is 1.86. The zero-order valence-electron chi connectivity index (χ0n) is 6.30. The van der Waals surface area contributed by atoms with Crippen LogP contribution in [0.3, 0.4) is 0 Å². The van der Waals surface area contributed by atoms with Gasteiger partial charge in [0.1, 0.15) is 0 Å². The van der Waals surface area contributed by atoms with Crippen LogP contribution in [0.25, 0.3) is 0 Å². The Kier molecular flexibility index (Phi) is 2.86. The highest BCUT2D eigenvalue weighted by Crippen LogP contribution is 2.05. The van der Waals surface area contributed by atoms with E-state index in [2.05, 4.69) is 10.1 Å². The minimum Gasteiger partial charge on any atom is -0.452 e. The van der Waals surface area contributed by atoms with Gasteiger partial charge in [0.15, 0.2) is 5.60 Å². The molecule has 0 bridgehead atoms. The second-order valence-electron chi connectivity index (χ2n) is 2.30. The summed E-state index contributed by atoms with van der Waals surface area (Å²) < 4.78 is 4.49. The molecule has 0 spiro atoms. The average molecular weight is 145 g/mol. The van der Waals surface area contributed by atoms with Crippen LogP contribution in [0.4, 0.5) is 0 Å². The summed E-state index contributed by atoms with van der Waals surface area (Å²) in [5.41, 5.74) is -1.06. The minimum absolute atomic E-state index is 0.259. The van der Waals surface area contributed by atoms with Gasteiger partial charge in [-0.1, -0.05) is 0 Å². The van der Waals surface area contributed by atoms with Gasteiger partial charge in [0.25, 0.3) is 12.4 Å². The van der Waals surface area contributed by atoms with Crippen molar-refractivity contribution in [2.45, 2.75) is 19.4 Å². The molecule has 58 valence electrons. The first kappa shape index (κ1) is 8.94. The second kappa shape index (κ2) is 3.20. The highest BCUT2D eigenvalue weighted by molar-refractivity contribution is 5.84. The maximum atomic E-state index is 10.8. The van der Waals surface area contributed by atoms with Crippen molar-refractivity contribution in [1.29, 1.82) is 0 Å². The Labute approximate surface area is 59.6 Å². The Hall–Kier alpha value is -1.06. The zero-order chi connectivity index (χ0) is 8.20. The monoisotopic (exact) mass is 145 g/mol. The number of carbonyl (C=O) groups excluding carboxylic acids is 2. The molecule has 0 saturated carbocycles. The molecule has 0 heterocycles. The Bertz CT molecular complexity index is 142. The van der Waals surface area contributed by atoms with Crippen LogP contribution in [-0.2, 0) is 14.3 Å². The Morgan fingerprint density at radius 2 is 2.10 bits per heavy atom. The van der Waals surface area contributed by atoms with Crippen molar-refractivity contribution in [3.63, 3.8) is 0 Å². The first-order valence-corrected chi connectivity index (χ1v) is 2.88. The predicted octanol–water partition coefficient (Wildman–Crippen LogP) is -0.316. The van der Waals surface area contributed by atoms with Crippen LogP contribution >= 0.6 is 0 Å². The normalized spacial score (nSPS) is 10.3. The molecule has 0 atom stereocenters. The molecule has 1 N–H and O–H groups in total. The molecule has 0 radical (unpaired) electrons. The summed E-state index contributed by atoms with van der Waals surface area (Å²) in [6.07, 6.45) is 0. The quantitative estimate of drug-likeness (QED) is 0.554. The fourth-order valence-corrected chi connectivity index (χ4v) is 0.475. The van der Waals surface area contributed by atoms with Crippen LogP contribution < -0.4 is 5.32 Å². The van der Waals surface area contributed by atoms with Gasteiger partial charge in [-0.2, -0.15) is 0 Å². The summed E-state index contributed by atoms with van der Waals surface area (Å²) in [5, 5.41) is 2.37. The van der Waals surface area contributed by atoms with E-state index >= 15 is 0 Å². The number of likely N-dealkylation sites (N-methyl/N-ethyl adjacent to an activating group) is 1. The van der Waals surface area contributed by atoms with E-state index in [1.165, 1.54) is 20.9 Å². The van der Waals surface area contributed by atoms with Crippen molar-refractivity contribution in [2.75, 3.05) is 7.05 Å². The van der Waals surface area contributed by atoms with Crippen molar-refractivity contribution in [2.24, 2.45) is 0 Å². The Morgan fingerprint density at radius 1 is 1.60 bits per heavy atom. The molecule has 0 aromatic heterocycles. The van der Waals surface area contributed by atoms with Gasteiger partial charge in [-0.15, -0.1) is 0 Å². The first-order valence-electron chi connectivity index (χ1n) is 2.88. The van der Waals surface area contributed by atoms with E-state index in [1.54, 1.807) is 0 Å². The molecule has 0 aliphatic carbocycles. The van der Waals surface area contributed by atoms with E-state index in [0.29, 0.717) is 0 Å². The van der Waals surface area contributed by atoms with E-state index in [9.17, 15) is 9.59 Å². The maximum Gasteiger partial charge on any atom is 0.294 e. The highest BCUT2D eigenvalue weighted by Gasteiger charge is 2.27. The van der Waals surface area contributed by atoms with Crippen LogP contribution in [0.1, 0.15) is 13.8 Å². The summed E-state index contributed by atoms with van der Waals surface area (Å²) in [6.45, 7) is 3.29. The molecule has 0 saturated heterocycles. The van der Waals surface area contributed by atoms with Gasteiger partial charge in [0.05, 0.1) is 0 Å². The Balaban J connectivity index is 4.08. The van der Waals surface area contributed by atoms with Gasteiger partial charge in [-0.05, 0) is 13.8 Å². The largest absolute Gasteiger partial charge is 0.452 e. The number of rotatable bonds is 3. The van der Waals surface area contributed by atoms with Gasteiger partial charge in [0, 0.05) is 7.05 Å². The van der Waals surface area contributed by atoms with Crippen LogP contribution in [0.15, 0.2) is 0 Å². The topological polar surface area (TPSA) is 55.4 Å². The molecular formula is C6H11NO3. The first-order chi connectivity index (χ1) is 4.54. The van der Waals surface area contributed by atoms with Crippen molar-refractivity contribution >= 4 is 12.4 Å². The van der Waals surface area contributed by atoms with Crippen LogP contribution in [-0.4, -0.2) is 25.0 Å². The summed E-state index contributed by atoms with van der Waals surface area (Å²) in [7, 11) is 1.48. The third kappa shape index (κ3) is 2.05. The molecular weight excluding hydrogens is 134 g/mol. The van der Waals surface area contributed by atoms with Crippen molar-refractivity contribution in [3.05, 3.63) is 0 Å². The molecule has 0 fully saturated rings. The number of nitrogens with one attached hydrogen (secondary N) is 1. The van der Waals surface area contributed by atoms with E-state index in [0.717, 1.165) is 0 Å². The SMILES string of the molecule is CNC(=O)C(C)(C)OC=O. The lowest BCUT2D eigenvalue weighted by molar-refractivity contribution is -0.153. The highest BCUT2D eigenvalue weighted by atomic mass is 16.5. The van der Waals surface area contributed by atoms with Crippen molar-refractivity contribution in [3.8, 4) is 0 Å². The summed E-state index contributed by atoms with van der Waals surface area (Å²) in [4.78, 5) is 20.7. The lowest BCUT2D eigenvalue weighted by atomic mass is 10.1. The molecule has 0 aromatic carbocycles. The number of hydrogen-bond donors (Lipinski definition) is 1. The summed E-state index contributed by atoms with van der Waals surface area (Å²) in [5.74, 6) is -0.320. The third-order valence-corrected chi connectivity index (χ3v) is 1.12. The smallest absolute Gasteiger partial charge is 0.294 e. The number of carbonyl (C=O) groups is 2. The van der Waals surface area contributed by atoms with Crippen molar-refractivity contribution in [1.82, 2.24) is 5.32 Å². The standard InChI is InChI=1S/C6H11NO3/c1-6(2,10-4-8)5(9)7-3/h4H,1-3H3,(H,7,9). The number of hydrogen-bond acceptors (Lipinski definition) is 3. The molecule has 1 amide bonds. The van der Waals surface area contributed by atoms with E-state index in [1.807, 2.05) is 0 Å². The van der Waals surface area contributed by atoms with E-state index in [4.69, 9.17) is 0 Å². The van der Waals surface area contributed by atoms with Gasteiger partial charge < -0.3 is 10.1 Å². The number of ether oxygens (including phenoxy) is 1. The fraction of sp³-hybridized carbons (Fsp3) is 0.667. The molecule has 4 heteroatoms. The molecule has 10 heavy (non-hydrogen) atoms. The summed E-state index contributed by atoms with van der Waals surface area (Å²) >= 11 is 0. The molecule has 0 aromatic rings. The summed E-state index contributed by atoms with van der Waals surface area (Å²) in [6, 6.07) is 0. The molecule has 0 aliphatic heterocycles. The van der Waals surface area contributed by atoms with Crippen LogP contribution in [0.2, 0.25) is 0 Å². The molecule has 0 rings (SSSR count). The third-order valence-electron chi connectivity index (χ3n) is 1.12. The minimum atomic E-state index is -1.06. The van der Waals surface area contributed by atoms with Gasteiger partial charge in [-0.25, -0.2) is 0 Å². The maximum absolute atomic E-state index is 10.8. The molecule has 4 nitrogen and oxygen atoms in total. The van der Waals surface area contributed by atoms with Gasteiger partial charge >= 0.3 is 0 Å². The van der Waals surface area contributed by atoms with Crippen molar-refractivity contribution < 1.29 is 14.3 Å². The van der Waals surface area contributed by atoms with E-state index < -0.39 is 5.60 Å². The van der Waals surface area contributed by atoms with Gasteiger partial charge in [0.2, 0.25) is 0 Å². The lowest BCUT2D eigenvalue weighted by Crippen LogP contribution is -2.42. The fourth-order valence-electron chi connectivity index (χ4n) is 0.475. The Morgan fingerprint density at radius 3 is 2.40 bits per heavy atom. The van der Waals surface area contributed by atoms with E-state index in [-0.39, 0.29) is 12.4 Å². The second-order valence-corrected chi connectivity index (χ2v) is 2.30. The number of amides is 1. The lowest BCUT2D eigenvalue weighted by Gasteiger charge is -2.19. The van der Waals surface area contributed by atoms with Crippen LogP contribution in [0, 0.1) is 0 Å².